The lowest BCUT2D eigenvalue weighted by Gasteiger charge is -2.26. The van der Waals surface area contributed by atoms with Crippen LogP contribution in [-0.4, -0.2) is 47.1 Å². The van der Waals surface area contributed by atoms with Gasteiger partial charge in [0.1, 0.15) is 5.82 Å². The number of rotatable bonds is 2. The molecule has 98 valence electrons. The summed E-state index contributed by atoms with van der Waals surface area (Å²) < 4.78 is 0. The van der Waals surface area contributed by atoms with Crippen LogP contribution in [-0.2, 0) is 5.88 Å². The molecule has 0 amide bonds. The largest absolute Gasteiger partial charge is 0.354 e. The van der Waals surface area contributed by atoms with Gasteiger partial charge in [0.2, 0.25) is 0 Å². The van der Waals surface area contributed by atoms with Crippen molar-refractivity contribution in [1.29, 1.82) is 0 Å². The molecule has 1 aromatic rings. The van der Waals surface area contributed by atoms with Crippen molar-refractivity contribution in [2.24, 2.45) is 0 Å². The van der Waals surface area contributed by atoms with Gasteiger partial charge in [-0.25, -0.2) is 4.98 Å². The molecule has 0 aromatic carbocycles. The predicted molar refractivity (Wildman–Crippen MR) is 73.0 cm³/mol. The van der Waals surface area contributed by atoms with Gasteiger partial charge >= 0.3 is 0 Å². The highest BCUT2D eigenvalue weighted by Crippen LogP contribution is 2.23. The van der Waals surface area contributed by atoms with Crippen LogP contribution < -0.4 is 4.90 Å². The second-order valence-corrected chi connectivity index (χ2v) is 5.40. The first-order valence-electron chi connectivity index (χ1n) is 6.72. The number of hydrogen-bond donors (Lipinski definition) is 0. The molecule has 1 aromatic heterocycles. The Morgan fingerprint density at radius 1 is 1.22 bits per heavy atom. The van der Waals surface area contributed by atoms with Crippen LogP contribution in [0.25, 0.3) is 0 Å². The number of fused-ring (bicyclic) bond motifs is 1. The van der Waals surface area contributed by atoms with E-state index in [0.29, 0.717) is 11.9 Å². The molecular weight excluding hydrogens is 248 g/mol. The maximum atomic E-state index is 5.83. The first kappa shape index (κ1) is 12.2. The third kappa shape index (κ3) is 2.45. The van der Waals surface area contributed by atoms with Gasteiger partial charge in [-0.3, -0.25) is 9.88 Å². The minimum absolute atomic E-state index is 0.435. The zero-order valence-corrected chi connectivity index (χ0v) is 11.3. The molecule has 3 heterocycles. The Bertz CT molecular complexity index is 412. The van der Waals surface area contributed by atoms with Crippen LogP contribution in [0.3, 0.4) is 0 Å². The molecule has 5 heteroatoms. The number of anilines is 1. The molecule has 2 saturated heterocycles. The van der Waals surface area contributed by atoms with Crippen LogP contribution in [0.1, 0.15) is 25.0 Å². The van der Waals surface area contributed by atoms with E-state index in [2.05, 4.69) is 19.8 Å². The van der Waals surface area contributed by atoms with Gasteiger partial charge < -0.3 is 4.90 Å². The molecule has 4 nitrogen and oxygen atoms in total. The second kappa shape index (κ2) is 5.41. The number of hydrogen-bond acceptors (Lipinski definition) is 4. The van der Waals surface area contributed by atoms with Gasteiger partial charge in [0, 0.05) is 31.9 Å². The standard InChI is InChI=1S/C13H19ClN4/c14-7-11-8-15-9-13(16-11)18-6-2-5-17-4-1-3-12(17)10-18/h8-9,12H,1-7,10H2. The van der Waals surface area contributed by atoms with E-state index in [1.54, 1.807) is 6.20 Å². The van der Waals surface area contributed by atoms with Crippen LogP contribution in [0.15, 0.2) is 12.4 Å². The van der Waals surface area contributed by atoms with Crippen molar-refractivity contribution < 1.29 is 0 Å². The highest BCUT2D eigenvalue weighted by Gasteiger charge is 2.29. The molecule has 0 aliphatic carbocycles. The van der Waals surface area contributed by atoms with Crippen molar-refractivity contribution in [1.82, 2.24) is 14.9 Å². The molecule has 2 aliphatic rings. The molecule has 0 N–H and O–H groups in total. The molecule has 2 aliphatic heterocycles. The molecule has 1 unspecified atom stereocenters. The maximum absolute atomic E-state index is 5.83. The predicted octanol–water partition coefficient (Wildman–Crippen LogP) is 1.89. The Morgan fingerprint density at radius 2 is 2.11 bits per heavy atom. The molecule has 0 radical (unpaired) electrons. The van der Waals surface area contributed by atoms with Crippen molar-refractivity contribution in [3.05, 3.63) is 18.1 Å². The summed E-state index contributed by atoms with van der Waals surface area (Å²) in [5.74, 6) is 1.42. The fourth-order valence-electron chi connectivity index (χ4n) is 3.03. The Balaban J connectivity index is 1.78. The Morgan fingerprint density at radius 3 is 3.00 bits per heavy atom. The maximum Gasteiger partial charge on any atom is 0.147 e. The quantitative estimate of drug-likeness (QED) is 0.766. The van der Waals surface area contributed by atoms with Gasteiger partial charge in [-0.05, 0) is 25.8 Å². The van der Waals surface area contributed by atoms with E-state index in [1.165, 1.54) is 32.4 Å². The average Bonchev–Trinajstić information content (AvgIpc) is 2.76. The summed E-state index contributed by atoms with van der Waals surface area (Å²) in [5, 5.41) is 0. The summed E-state index contributed by atoms with van der Waals surface area (Å²) in [5.41, 5.74) is 0.863. The minimum Gasteiger partial charge on any atom is -0.354 e. The first-order valence-corrected chi connectivity index (χ1v) is 7.26. The van der Waals surface area contributed by atoms with Crippen molar-refractivity contribution in [3.8, 4) is 0 Å². The number of halogens is 1. The van der Waals surface area contributed by atoms with E-state index in [0.717, 1.165) is 24.6 Å². The SMILES string of the molecule is ClCc1cncc(N2CCCN3CCCC3C2)n1. The summed E-state index contributed by atoms with van der Waals surface area (Å²) in [4.78, 5) is 13.8. The fraction of sp³-hybridized carbons (Fsp3) is 0.692. The van der Waals surface area contributed by atoms with Crippen molar-refractivity contribution >= 4 is 17.4 Å². The fourth-order valence-corrected chi connectivity index (χ4v) is 3.16. The molecule has 0 bridgehead atoms. The van der Waals surface area contributed by atoms with E-state index in [-0.39, 0.29) is 0 Å². The molecular formula is C13H19ClN4. The summed E-state index contributed by atoms with van der Waals surface area (Å²) in [6.45, 7) is 4.66. The van der Waals surface area contributed by atoms with E-state index in [1.807, 2.05) is 6.20 Å². The summed E-state index contributed by atoms with van der Waals surface area (Å²) >= 11 is 5.83. The normalized spacial score (nSPS) is 24.9. The van der Waals surface area contributed by atoms with Crippen molar-refractivity contribution in [2.75, 3.05) is 31.1 Å². The lowest BCUT2D eigenvalue weighted by Crippen LogP contribution is -2.37. The zero-order chi connectivity index (χ0) is 12.4. The number of nitrogens with zero attached hydrogens (tertiary/aromatic N) is 4. The molecule has 3 rings (SSSR count). The summed E-state index contributed by atoms with van der Waals surface area (Å²) in [6.07, 6.45) is 7.48. The van der Waals surface area contributed by atoms with E-state index >= 15 is 0 Å². The first-order chi connectivity index (χ1) is 8.86. The van der Waals surface area contributed by atoms with Crippen LogP contribution in [0.4, 0.5) is 5.82 Å². The molecule has 1 atom stereocenters. The monoisotopic (exact) mass is 266 g/mol. The molecule has 0 spiro atoms. The van der Waals surface area contributed by atoms with Gasteiger partial charge in [-0.15, -0.1) is 11.6 Å². The Labute approximate surface area is 113 Å². The van der Waals surface area contributed by atoms with Crippen molar-refractivity contribution in [2.45, 2.75) is 31.2 Å². The Kier molecular flexibility index (Phi) is 3.66. The van der Waals surface area contributed by atoms with E-state index in [4.69, 9.17) is 11.6 Å². The van der Waals surface area contributed by atoms with Gasteiger partial charge in [0.15, 0.2) is 0 Å². The van der Waals surface area contributed by atoms with Gasteiger partial charge in [0.25, 0.3) is 0 Å². The summed E-state index contributed by atoms with van der Waals surface area (Å²) in [6, 6.07) is 0.703. The van der Waals surface area contributed by atoms with E-state index in [9.17, 15) is 0 Å². The van der Waals surface area contributed by atoms with Crippen LogP contribution in [0, 0.1) is 0 Å². The lowest BCUT2D eigenvalue weighted by atomic mass is 10.2. The minimum atomic E-state index is 0.435. The second-order valence-electron chi connectivity index (χ2n) is 5.13. The van der Waals surface area contributed by atoms with Crippen LogP contribution in [0.5, 0.6) is 0 Å². The smallest absolute Gasteiger partial charge is 0.147 e. The highest BCUT2D eigenvalue weighted by molar-refractivity contribution is 6.16. The van der Waals surface area contributed by atoms with Gasteiger partial charge in [0.05, 0.1) is 17.8 Å². The Hall–Kier alpha value is -0.870. The zero-order valence-electron chi connectivity index (χ0n) is 10.6. The topological polar surface area (TPSA) is 32.3 Å². The number of aromatic nitrogens is 2. The van der Waals surface area contributed by atoms with Crippen molar-refractivity contribution in [3.63, 3.8) is 0 Å². The lowest BCUT2D eigenvalue weighted by molar-refractivity contribution is 0.273. The average molecular weight is 267 g/mol. The molecule has 18 heavy (non-hydrogen) atoms. The number of alkyl halides is 1. The van der Waals surface area contributed by atoms with Crippen LogP contribution >= 0.6 is 11.6 Å². The van der Waals surface area contributed by atoms with Crippen LogP contribution in [0.2, 0.25) is 0 Å². The van der Waals surface area contributed by atoms with Gasteiger partial charge in [-0.2, -0.15) is 0 Å². The molecule has 2 fully saturated rings. The third-order valence-corrected chi connectivity index (χ3v) is 4.21. The van der Waals surface area contributed by atoms with E-state index < -0.39 is 0 Å². The highest BCUT2D eigenvalue weighted by atomic mass is 35.5. The van der Waals surface area contributed by atoms with Gasteiger partial charge in [-0.1, -0.05) is 0 Å². The molecule has 0 saturated carbocycles. The summed E-state index contributed by atoms with van der Waals surface area (Å²) in [7, 11) is 0. The third-order valence-electron chi connectivity index (χ3n) is 3.94.